The Kier molecular flexibility index (Phi) is 3.83. The van der Waals surface area contributed by atoms with Crippen LogP contribution in [0.15, 0.2) is 36.5 Å². The number of nitrogens with one attached hydrogen (secondary N) is 2. The predicted molar refractivity (Wildman–Crippen MR) is 80.7 cm³/mol. The van der Waals surface area contributed by atoms with Crippen LogP contribution in [-0.2, 0) is 17.7 Å². The summed E-state index contributed by atoms with van der Waals surface area (Å²) in [5.41, 5.74) is 3.99. The normalized spacial score (nSPS) is 13.4. The Bertz CT molecular complexity index is 670. The van der Waals surface area contributed by atoms with Gasteiger partial charge in [0.05, 0.1) is 7.11 Å². The summed E-state index contributed by atoms with van der Waals surface area (Å²) in [6.07, 6.45) is 2.62. The van der Waals surface area contributed by atoms with Crippen LogP contribution < -0.4 is 10.6 Å². The molecule has 2 heterocycles. The number of carbonyl (C=O) groups is 1. The third-order valence-corrected chi connectivity index (χ3v) is 3.61. The van der Waals surface area contributed by atoms with Crippen molar-refractivity contribution >= 4 is 17.5 Å². The van der Waals surface area contributed by atoms with Crippen LogP contribution in [0, 0.1) is 0 Å². The zero-order valence-corrected chi connectivity index (χ0v) is 11.8. The van der Waals surface area contributed by atoms with E-state index in [-0.39, 0.29) is 0 Å². The van der Waals surface area contributed by atoms with E-state index < -0.39 is 5.97 Å². The number of ether oxygens (including phenoxy) is 1. The van der Waals surface area contributed by atoms with Gasteiger partial charge in [0.2, 0.25) is 0 Å². The van der Waals surface area contributed by atoms with Gasteiger partial charge < -0.3 is 15.4 Å². The Hall–Kier alpha value is -2.40. The Morgan fingerprint density at radius 3 is 3.10 bits per heavy atom. The first-order valence-electron chi connectivity index (χ1n) is 6.91. The number of carbonyl (C=O) groups excluding carboxylic acids is 1. The summed E-state index contributed by atoms with van der Waals surface area (Å²) in [5.74, 6) is 0.133. The van der Waals surface area contributed by atoms with Gasteiger partial charge in [-0.05, 0) is 42.3 Å². The molecule has 0 bridgehead atoms. The van der Waals surface area contributed by atoms with Crippen molar-refractivity contribution < 1.29 is 9.53 Å². The standard InChI is InChI=1S/C16H17N3O2/c1-21-16(20)13-5-3-8-18-15(13)19-14-6-2-4-11-10-17-9-7-12(11)14/h2-6,8,17H,7,9-10H2,1H3,(H,18,19). The molecule has 2 N–H and O–H groups in total. The number of esters is 1. The molecule has 0 atom stereocenters. The largest absolute Gasteiger partial charge is 0.465 e. The van der Waals surface area contributed by atoms with Gasteiger partial charge in [-0.1, -0.05) is 12.1 Å². The first-order chi connectivity index (χ1) is 10.3. The molecule has 3 rings (SSSR count). The van der Waals surface area contributed by atoms with Crippen molar-refractivity contribution in [1.29, 1.82) is 0 Å². The van der Waals surface area contributed by atoms with E-state index in [1.807, 2.05) is 12.1 Å². The molecular weight excluding hydrogens is 266 g/mol. The average molecular weight is 283 g/mol. The molecule has 1 aliphatic rings. The maximum absolute atomic E-state index is 11.8. The minimum Gasteiger partial charge on any atom is -0.465 e. The molecular formula is C16H17N3O2. The van der Waals surface area contributed by atoms with Crippen LogP contribution in [-0.4, -0.2) is 24.6 Å². The van der Waals surface area contributed by atoms with Gasteiger partial charge >= 0.3 is 5.97 Å². The highest BCUT2D eigenvalue weighted by atomic mass is 16.5. The number of nitrogens with zero attached hydrogens (tertiary/aromatic N) is 1. The third-order valence-electron chi connectivity index (χ3n) is 3.61. The molecule has 0 saturated carbocycles. The summed E-state index contributed by atoms with van der Waals surface area (Å²) >= 11 is 0. The van der Waals surface area contributed by atoms with E-state index >= 15 is 0 Å². The summed E-state index contributed by atoms with van der Waals surface area (Å²) in [4.78, 5) is 16.1. The molecule has 1 aromatic heterocycles. The lowest BCUT2D eigenvalue weighted by molar-refractivity contribution is 0.0601. The van der Waals surface area contributed by atoms with E-state index in [1.165, 1.54) is 18.2 Å². The molecule has 0 fully saturated rings. The molecule has 0 spiro atoms. The first kappa shape index (κ1) is 13.6. The molecule has 2 aromatic rings. The lowest BCUT2D eigenvalue weighted by Crippen LogP contribution is -2.24. The SMILES string of the molecule is COC(=O)c1cccnc1Nc1cccc2c1CCNC2. The van der Waals surface area contributed by atoms with Crippen LogP contribution in [0.3, 0.4) is 0 Å². The first-order valence-corrected chi connectivity index (χ1v) is 6.91. The summed E-state index contributed by atoms with van der Waals surface area (Å²) in [6.45, 7) is 1.83. The molecule has 108 valence electrons. The quantitative estimate of drug-likeness (QED) is 0.846. The summed E-state index contributed by atoms with van der Waals surface area (Å²) < 4.78 is 4.80. The van der Waals surface area contributed by atoms with Crippen molar-refractivity contribution in [3.05, 3.63) is 53.2 Å². The third kappa shape index (κ3) is 2.73. The van der Waals surface area contributed by atoms with E-state index in [1.54, 1.807) is 18.3 Å². The van der Waals surface area contributed by atoms with Crippen LogP contribution in [0.4, 0.5) is 11.5 Å². The molecule has 0 unspecified atom stereocenters. The van der Waals surface area contributed by atoms with Gasteiger partial charge in [0, 0.05) is 18.4 Å². The lowest BCUT2D eigenvalue weighted by Gasteiger charge is -2.21. The maximum atomic E-state index is 11.8. The minimum atomic E-state index is -0.392. The van der Waals surface area contributed by atoms with Gasteiger partial charge in [-0.25, -0.2) is 9.78 Å². The second-order valence-electron chi connectivity index (χ2n) is 4.89. The van der Waals surface area contributed by atoms with Crippen molar-refractivity contribution in [2.75, 3.05) is 19.0 Å². The predicted octanol–water partition coefficient (Wildman–Crippen LogP) is 2.26. The lowest BCUT2D eigenvalue weighted by atomic mass is 9.99. The molecule has 5 heteroatoms. The molecule has 5 nitrogen and oxygen atoms in total. The fourth-order valence-corrected chi connectivity index (χ4v) is 2.56. The van der Waals surface area contributed by atoms with Crippen molar-refractivity contribution in [2.24, 2.45) is 0 Å². The summed E-state index contributed by atoms with van der Waals surface area (Å²) in [6, 6.07) is 9.57. The highest BCUT2D eigenvalue weighted by molar-refractivity contribution is 5.95. The van der Waals surface area contributed by atoms with Crippen LogP contribution in [0.5, 0.6) is 0 Å². The molecule has 1 aromatic carbocycles. The van der Waals surface area contributed by atoms with E-state index in [2.05, 4.69) is 21.7 Å². The zero-order valence-electron chi connectivity index (χ0n) is 11.8. The summed E-state index contributed by atoms with van der Waals surface area (Å²) in [5, 5.41) is 6.63. The molecule has 0 saturated heterocycles. The number of rotatable bonds is 3. The van der Waals surface area contributed by atoms with Gasteiger partial charge in [0.15, 0.2) is 0 Å². The van der Waals surface area contributed by atoms with E-state index in [0.29, 0.717) is 11.4 Å². The number of fused-ring (bicyclic) bond motifs is 1. The van der Waals surface area contributed by atoms with Crippen LogP contribution in [0.1, 0.15) is 21.5 Å². The van der Waals surface area contributed by atoms with Crippen molar-refractivity contribution in [3.8, 4) is 0 Å². The maximum Gasteiger partial charge on any atom is 0.341 e. The van der Waals surface area contributed by atoms with E-state index in [0.717, 1.165) is 25.2 Å². The fourth-order valence-electron chi connectivity index (χ4n) is 2.56. The molecule has 1 aliphatic heterocycles. The van der Waals surface area contributed by atoms with Gasteiger partial charge in [-0.2, -0.15) is 0 Å². The van der Waals surface area contributed by atoms with Crippen molar-refractivity contribution in [3.63, 3.8) is 0 Å². The number of hydrogen-bond acceptors (Lipinski definition) is 5. The van der Waals surface area contributed by atoms with E-state index in [9.17, 15) is 4.79 Å². The number of methoxy groups -OCH3 is 1. The number of aromatic nitrogens is 1. The van der Waals surface area contributed by atoms with E-state index in [4.69, 9.17) is 4.74 Å². The number of anilines is 2. The highest BCUT2D eigenvalue weighted by Crippen LogP contribution is 2.27. The summed E-state index contributed by atoms with van der Waals surface area (Å²) in [7, 11) is 1.37. The van der Waals surface area contributed by atoms with Crippen molar-refractivity contribution in [2.45, 2.75) is 13.0 Å². The molecule has 0 radical (unpaired) electrons. The van der Waals surface area contributed by atoms with Crippen molar-refractivity contribution in [1.82, 2.24) is 10.3 Å². The molecule has 0 amide bonds. The Labute approximate surface area is 123 Å². The minimum absolute atomic E-state index is 0.392. The van der Waals surface area contributed by atoms with Gasteiger partial charge in [0.25, 0.3) is 0 Å². The van der Waals surface area contributed by atoms with Crippen LogP contribution in [0.2, 0.25) is 0 Å². The highest BCUT2D eigenvalue weighted by Gasteiger charge is 2.16. The molecule has 0 aliphatic carbocycles. The smallest absolute Gasteiger partial charge is 0.341 e. The van der Waals surface area contributed by atoms with Gasteiger partial charge in [0.1, 0.15) is 11.4 Å². The zero-order chi connectivity index (χ0) is 14.7. The van der Waals surface area contributed by atoms with Crippen LogP contribution in [0.25, 0.3) is 0 Å². The topological polar surface area (TPSA) is 63.2 Å². The van der Waals surface area contributed by atoms with Gasteiger partial charge in [-0.15, -0.1) is 0 Å². The number of benzene rings is 1. The Morgan fingerprint density at radius 1 is 1.33 bits per heavy atom. The number of pyridine rings is 1. The Morgan fingerprint density at radius 2 is 2.24 bits per heavy atom. The molecule has 21 heavy (non-hydrogen) atoms. The second kappa shape index (κ2) is 5.93. The monoisotopic (exact) mass is 283 g/mol. The number of hydrogen-bond donors (Lipinski definition) is 2. The fraction of sp³-hybridized carbons (Fsp3) is 0.250. The average Bonchev–Trinajstić information content (AvgIpc) is 2.55. The Balaban J connectivity index is 1.96. The second-order valence-corrected chi connectivity index (χ2v) is 4.89. The van der Waals surface area contributed by atoms with Gasteiger partial charge in [-0.3, -0.25) is 0 Å². The van der Waals surface area contributed by atoms with Crippen LogP contribution >= 0.6 is 0 Å².